The molecule has 0 aromatic heterocycles. The minimum absolute atomic E-state index is 0.0448. The van der Waals surface area contributed by atoms with Gasteiger partial charge in [0.05, 0.1) is 17.6 Å². The normalized spacial score (nSPS) is 15.7. The number of phosphoric ester groups is 1. The number of benzene rings is 1. The van der Waals surface area contributed by atoms with Gasteiger partial charge in [-0.25, -0.2) is 4.57 Å². The fourth-order valence-corrected chi connectivity index (χ4v) is 2.00. The van der Waals surface area contributed by atoms with Crippen LogP contribution in [-0.4, -0.2) is 27.6 Å². The Morgan fingerprint density at radius 3 is 2.44 bits per heavy atom. The quantitative estimate of drug-likeness (QED) is 0.459. The van der Waals surface area contributed by atoms with Crippen molar-refractivity contribution in [1.29, 1.82) is 0 Å². The van der Waals surface area contributed by atoms with Gasteiger partial charge >= 0.3 is 7.82 Å². The van der Waals surface area contributed by atoms with Crippen LogP contribution in [0.25, 0.3) is 0 Å². The Labute approximate surface area is 103 Å². The zero-order valence-corrected chi connectivity index (χ0v) is 10.3. The summed E-state index contributed by atoms with van der Waals surface area (Å²) in [5.74, 6) is -0.0448. The van der Waals surface area contributed by atoms with Crippen LogP contribution in [0.15, 0.2) is 24.3 Å². The summed E-state index contributed by atoms with van der Waals surface area (Å²) in [6, 6.07) is 4.61. The van der Waals surface area contributed by atoms with Crippen molar-refractivity contribution in [1.82, 2.24) is 0 Å². The first kappa shape index (κ1) is 14.6. The topological polar surface area (TPSA) is 119 Å². The van der Waals surface area contributed by atoms with Crippen LogP contribution in [0.4, 0.5) is 5.69 Å². The summed E-state index contributed by atoms with van der Waals surface area (Å²) in [5.41, 5.74) is -0.167. The van der Waals surface area contributed by atoms with Gasteiger partial charge in [0, 0.05) is 12.1 Å². The predicted molar refractivity (Wildman–Crippen MR) is 61.2 cm³/mol. The van der Waals surface area contributed by atoms with Crippen LogP contribution in [-0.2, 0) is 9.09 Å². The molecule has 0 spiro atoms. The number of hydrogen-bond donors (Lipinski definition) is 2. The molecule has 0 aliphatic heterocycles. The van der Waals surface area contributed by atoms with E-state index in [1.54, 1.807) is 0 Å². The fraction of sp³-hybridized carbons (Fsp3) is 0.333. The van der Waals surface area contributed by atoms with E-state index in [0.29, 0.717) is 0 Å². The molecule has 1 rings (SSSR count). The van der Waals surface area contributed by atoms with E-state index in [-0.39, 0.29) is 11.4 Å². The summed E-state index contributed by atoms with van der Waals surface area (Å²) in [5, 5.41) is 19.1. The lowest BCUT2D eigenvalue weighted by Gasteiger charge is -2.16. The SMILES string of the molecule is CC(CO)OP(=O)(O)Oc1ccc([N+](=O)[O-])cc1. The van der Waals surface area contributed by atoms with E-state index in [1.165, 1.54) is 19.1 Å². The zero-order valence-electron chi connectivity index (χ0n) is 9.42. The Kier molecular flexibility index (Phi) is 4.80. The molecule has 2 atom stereocenters. The molecular weight excluding hydrogens is 265 g/mol. The van der Waals surface area contributed by atoms with Crippen molar-refractivity contribution in [2.24, 2.45) is 0 Å². The van der Waals surface area contributed by atoms with Crippen LogP contribution in [0.3, 0.4) is 0 Å². The number of nitrogens with zero attached hydrogens (tertiary/aromatic N) is 1. The van der Waals surface area contributed by atoms with E-state index < -0.39 is 25.5 Å². The molecule has 0 radical (unpaired) electrons. The number of rotatable bonds is 6. The van der Waals surface area contributed by atoms with E-state index in [1.807, 2.05) is 0 Å². The van der Waals surface area contributed by atoms with Gasteiger partial charge in [0.25, 0.3) is 5.69 Å². The third kappa shape index (κ3) is 4.42. The van der Waals surface area contributed by atoms with Crippen LogP contribution in [0.5, 0.6) is 5.75 Å². The second kappa shape index (κ2) is 5.92. The molecule has 0 saturated heterocycles. The van der Waals surface area contributed by atoms with Gasteiger partial charge in [0.15, 0.2) is 0 Å². The zero-order chi connectivity index (χ0) is 13.8. The molecule has 1 aromatic carbocycles. The van der Waals surface area contributed by atoms with Gasteiger partial charge in [-0.05, 0) is 19.1 Å². The van der Waals surface area contributed by atoms with Crippen LogP contribution in [0, 0.1) is 10.1 Å². The molecule has 0 aliphatic rings. The maximum atomic E-state index is 11.4. The molecule has 0 fully saturated rings. The molecule has 0 aliphatic carbocycles. The lowest BCUT2D eigenvalue weighted by Crippen LogP contribution is -2.13. The molecule has 100 valence electrons. The van der Waals surface area contributed by atoms with Crippen LogP contribution in [0.2, 0.25) is 0 Å². The standard InChI is InChI=1S/C9H12NO7P/c1-7(6-11)16-18(14,15)17-9-4-2-8(3-5-9)10(12)13/h2-5,7,11H,6H2,1H3,(H,14,15). The average Bonchev–Trinajstić information content (AvgIpc) is 2.28. The third-order valence-electron chi connectivity index (χ3n) is 1.84. The first-order valence-corrected chi connectivity index (χ1v) is 6.39. The lowest BCUT2D eigenvalue weighted by atomic mass is 10.3. The van der Waals surface area contributed by atoms with Crippen molar-refractivity contribution in [3.8, 4) is 5.75 Å². The summed E-state index contributed by atoms with van der Waals surface area (Å²) < 4.78 is 20.7. The molecule has 2 N–H and O–H groups in total. The molecule has 8 nitrogen and oxygen atoms in total. The monoisotopic (exact) mass is 277 g/mol. The molecule has 0 bridgehead atoms. The lowest BCUT2D eigenvalue weighted by molar-refractivity contribution is -0.384. The highest BCUT2D eigenvalue weighted by atomic mass is 31.2. The first-order chi connectivity index (χ1) is 8.34. The molecule has 2 unspecified atom stereocenters. The second-order valence-corrected chi connectivity index (χ2v) is 4.74. The number of aliphatic hydroxyl groups is 1. The summed E-state index contributed by atoms with van der Waals surface area (Å²) in [4.78, 5) is 19.1. The smallest absolute Gasteiger partial charge is 0.404 e. The van der Waals surface area contributed by atoms with Crippen LogP contribution in [0.1, 0.15) is 6.92 Å². The summed E-state index contributed by atoms with van der Waals surface area (Å²) in [7, 11) is -4.36. The van der Waals surface area contributed by atoms with Gasteiger partial charge in [0.2, 0.25) is 0 Å². The van der Waals surface area contributed by atoms with E-state index in [0.717, 1.165) is 12.1 Å². The Morgan fingerprint density at radius 1 is 1.44 bits per heavy atom. The fourth-order valence-electron chi connectivity index (χ4n) is 1.04. The summed E-state index contributed by atoms with van der Waals surface area (Å²) in [6.07, 6.45) is -0.862. The Morgan fingerprint density at radius 2 is 2.00 bits per heavy atom. The van der Waals surface area contributed by atoms with Crippen molar-refractivity contribution in [3.63, 3.8) is 0 Å². The minimum atomic E-state index is -4.36. The first-order valence-electron chi connectivity index (χ1n) is 4.90. The highest BCUT2D eigenvalue weighted by molar-refractivity contribution is 7.47. The van der Waals surface area contributed by atoms with Gasteiger partial charge in [-0.2, -0.15) is 0 Å². The van der Waals surface area contributed by atoms with Crippen molar-refractivity contribution >= 4 is 13.5 Å². The molecule has 9 heteroatoms. The molecule has 1 aromatic rings. The van der Waals surface area contributed by atoms with Crippen LogP contribution >= 0.6 is 7.82 Å². The molecular formula is C9H12NO7P. The minimum Gasteiger partial charge on any atom is -0.404 e. The van der Waals surface area contributed by atoms with Gasteiger partial charge in [-0.15, -0.1) is 0 Å². The maximum Gasteiger partial charge on any atom is 0.527 e. The maximum absolute atomic E-state index is 11.4. The van der Waals surface area contributed by atoms with Gasteiger partial charge in [0.1, 0.15) is 5.75 Å². The summed E-state index contributed by atoms with van der Waals surface area (Å²) >= 11 is 0. The average molecular weight is 277 g/mol. The van der Waals surface area contributed by atoms with Crippen molar-refractivity contribution in [2.75, 3.05) is 6.61 Å². The Bertz CT molecular complexity index is 460. The van der Waals surface area contributed by atoms with E-state index in [4.69, 9.17) is 5.11 Å². The highest BCUT2D eigenvalue weighted by Crippen LogP contribution is 2.45. The number of nitro benzene ring substituents is 1. The van der Waals surface area contributed by atoms with E-state index in [2.05, 4.69) is 9.05 Å². The number of non-ortho nitro benzene ring substituents is 1. The van der Waals surface area contributed by atoms with E-state index in [9.17, 15) is 19.6 Å². The second-order valence-electron chi connectivity index (χ2n) is 3.41. The van der Waals surface area contributed by atoms with Crippen molar-refractivity contribution < 1.29 is 28.5 Å². The van der Waals surface area contributed by atoms with Gasteiger partial charge < -0.3 is 9.63 Å². The van der Waals surface area contributed by atoms with Crippen LogP contribution < -0.4 is 4.52 Å². The number of aliphatic hydroxyl groups excluding tert-OH is 1. The number of nitro groups is 1. The van der Waals surface area contributed by atoms with Crippen molar-refractivity contribution in [3.05, 3.63) is 34.4 Å². The highest BCUT2D eigenvalue weighted by Gasteiger charge is 2.26. The molecule has 0 amide bonds. The Hall–Kier alpha value is -1.47. The Balaban J connectivity index is 2.72. The molecule has 18 heavy (non-hydrogen) atoms. The number of phosphoric acid groups is 1. The van der Waals surface area contributed by atoms with Crippen molar-refractivity contribution in [2.45, 2.75) is 13.0 Å². The molecule has 0 heterocycles. The van der Waals surface area contributed by atoms with Gasteiger partial charge in [-0.3, -0.25) is 19.5 Å². The van der Waals surface area contributed by atoms with E-state index >= 15 is 0 Å². The largest absolute Gasteiger partial charge is 0.527 e. The van der Waals surface area contributed by atoms with Gasteiger partial charge in [-0.1, -0.05) is 0 Å². The third-order valence-corrected chi connectivity index (χ3v) is 2.91. The molecule has 0 saturated carbocycles. The summed E-state index contributed by atoms with van der Waals surface area (Å²) in [6.45, 7) is 0.955. The predicted octanol–water partition coefficient (Wildman–Crippen LogP) is 1.47. The number of hydrogen-bond acceptors (Lipinski definition) is 6.